The van der Waals surface area contributed by atoms with Crippen LogP contribution in [-0.2, 0) is 0 Å². The van der Waals surface area contributed by atoms with Crippen LogP contribution in [0.1, 0.15) is 39.2 Å². The minimum absolute atomic E-state index is 0.0238. The van der Waals surface area contributed by atoms with E-state index in [1.54, 1.807) is 0 Å². The molecule has 1 aliphatic rings. The number of carbonyl (C=O) groups is 1. The molecule has 0 radical (unpaired) electrons. The standard InChI is InChI=1S/C17H26N2O2/c1-5-14-11-19(17(20)18-9-8-12(2)3)15-10-13(4)6-7-16(15)21-14/h6-7,10,12,14H,5,8-9,11H2,1-4H3,(H,18,20)/t14-/m1/s1. The number of hydrogen-bond acceptors (Lipinski definition) is 2. The summed E-state index contributed by atoms with van der Waals surface area (Å²) in [7, 11) is 0. The predicted molar refractivity (Wildman–Crippen MR) is 86.1 cm³/mol. The molecule has 1 heterocycles. The maximum Gasteiger partial charge on any atom is 0.322 e. The second-order valence-corrected chi connectivity index (χ2v) is 6.14. The second-order valence-electron chi connectivity index (χ2n) is 6.14. The molecular weight excluding hydrogens is 264 g/mol. The number of anilines is 1. The molecule has 0 fully saturated rings. The fourth-order valence-electron chi connectivity index (χ4n) is 2.42. The van der Waals surface area contributed by atoms with E-state index < -0.39 is 0 Å². The van der Waals surface area contributed by atoms with E-state index in [0.717, 1.165) is 29.8 Å². The number of hydrogen-bond donors (Lipinski definition) is 1. The number of amides is 2. The van der Waals surface area contributed by atoms with Crippen LogP contribution in [0, 0.1) is 12.8 Å². The van der Waals surface area contributed by atoms with E-state index in [4.69, 9.17) is 4.74 Å². The number of benzene rings is 1. The van der Waals surface area contributed by atoms with Gasteiger partial charge in [-0.05, 0) is 43.4 Å². The Hall–Kier alpha value is -1.71. The minimum atomic E-state index is -0.0238. The van der Waals surface area contributed by atoms with Crippen LogP contribution in [0.5, 0.6) is 5.75 Å². The Morgan fingerprint density at radius 3 is 2.90 bits per heavy atom. The van der Waals surface area contributed by atoms with Gasteiger partial charge in [0.05, 0.1) is 12.2 Å². The van der Waals surface area contributed by atoms with E-state index in [1.807, 2.05) is 30.0 Å². The van der Waals surface area contributed by atoms with Gasteiger partial charge in [0, 0.05) is 6.54 Å². The van der Waals surface area contributed by atoms with Crippen molar-refractivity contribution in [2.45, 2.75) is 46.6 Å². The summed E-state index contributed by atoms with van der Waals surface area (Å²) in [6, 6.07) is 5.97. The fourth-order valence-corrected chi connectivity index (χ4v) is 2.42. The third-order valence-electron chi connectivity index (χ3n) is 3.78. The highest BCUT2D eigenvalue weighted by Crippen LogP contribution is 2.34. The monoisotopic (exact) mass is 290 g/mol. The summed E-state index contributed by atoms with van der Waals surface area (Å²) in [6.45, 7) is 9.76. The topological polar surface area (TPSA) is 41.6 Å². The normalized spacial score (nSPS) is 17.4. The average molecular weight is 290 g/mol. The van der Waals surface area contributed by atoms with Gasteiger partial charge in [-0.3, -0.25) is 4.90 Å². The van der Waals surface area contributed by atoms with Gasteiger partial charge in [-0.1, -0.05) is 26.8 Å². The summed E-state index contributed by atoms with van der Waals surface area (Å²) in [5, 5.41) is 3.02. The van der Waals surface area contributed by atoms with Gasteiger partial charge in [-0.25, -0.2) is 4.79 Å². The summed E-state index contributed by atoms with van der Waals surface area (Å²) in [5.41, 5.74) is 2.01. The van der Waals surface area contributed by atoms with Crippen molar-refractivity contribution in [1.29, 1.82) is 0 Å². The Morgan fingerprint density at radius 1 is 1.48 bits per heavy atom. The molecule has 0 aromatic heterocycles. The van der Waals surface area contributed by atoms with Crippen molar-refractivity contribution in [3.05, 3.63) is 23.8 Å². The summed E-state index contributed by atoms with van der Waals surface area (Å²) in [6.07, 6.45) is 1.95. The molecule has 116 valence electrons. The van der Waals surface area contributed by atoms with Gasteiger partial charge in [0.15, 0.2) is 0 Å². The second kappa shape index (κ2) is 6.83. The molecule has 1 N–H and O–H groups in total. The maximum atomic E-state index is 12.5. The molecule has 1 atom stereocenters. The average Bonchev–Trinajstić information content (AvgIpc) is 2.45. The SMILES string of the molecule is CC[C@@H]1CN(C(=O)NCCC(C)C)c2cc(C)ccc2O1. The fraction of sp³-hybridized carbons (Fsp3) is 0.588. The quantitative estimate of drug-likeness (QED) is 0.918. The molecule has 0 spiro atoms. The number of nitrogens with zero attached hydrogens (tertiary/aromatic N) is 1. The molecule has 1 aromatic rings. The van der Waals surface area contributed by atoms with E-state index in [9.17, 15) is 4.79 Å². The molecule has 0 saturated heterocycles. The van der Waals surface area contributed by atoms with Crippen LogP contribution in [0.15, 0.2) is 18.2 Å². The van der Waals surface area contributed by atoms with E-state index in [1.165, 1.54) is 0 Å². The maximum absolute atomic E-state index is 12.5. The molecule has 1 aromatic carbocycles. The van der Waals surface area contributed by atoms with Crippen molar-refractivity contribution < 1.29 is 9.53 Å². The zero-order chi connectivity index (χ0) is 15.4. The Balaban J connectivity index is 2.14. The van der Waals surface area contributed by atoms with E-state index in [0.29, 0.717) is 19.0 Å². The van der Waals surface area contributed by atoms with Gasteiger partial charge in [-0.15, -0.1) is 0 Å². The van der Waals surface area contributed by atoms with Crippen molar-refractivity contribution in [3.63, 3.8) is 0 Å². The van der Waals surface area contributed by atoms with Crippen molar-refractivity contribution in [3.8, 4) is 5.75 Å². The van der Waals surface area contributed by atoms with Crippen LogP contribution in [0.25, 0.3) is 0 Å². The number of carbonyl (C=O) groups excluding carboxylic acids is 1. The lowest BCUT2D eigenvalue weighted by molar-refractivity contribution is 0.186. The van der Waals surface area contributed by atoms with Crippen molar-refractivity contribution >= 4 is 11.7 Å². The first kappa shape index (κ1) is 15.7. The summed E-state index contributed by atoms with van der Waals surface area (Å²) >= 11 is 0. The highest BCUT2D eigenvalue weighted by Gasteiger charge is 2.28. The number of ether oxygens (including phenoxy) is 1. The summed E-state index contributed by atoms with van der Waals surface area (Å²) in [4.78, 5) is 14.3. The predicted octanol–water partition coefficient (Wildman–Crippen LogP) is 3.73. The zero-order valence-corrected chi connectivity index (χ0v) is 13.5. The largest absolute Gasteiger partial charge is 0.486 e. The minimum Gasteiger partial charge on any atom is -0.486 e. The third kappa shape index (κ3) is 3.90. The van der Waals surface area contributed by atoms with Crippen LogP contribution < -0.4 is 15.0 Å². The number of fused-ring (bicyclic) bond motifs is 1. The van der Waals surface area contributed by atoms with Gasteiger partial charge in [0.25, 0.3) is 0 Å². The molecule has 0 bridgehead atoms. The molecule has 2 amide bonds. The van der Waals surface area contributed by atoms with Crippen LogP contribution in [0.4, 0.5) is 10.5 Å². The highest BCUT2D eigenvalue weighted by molar-refractivity contribution is 5.94. The Labute approximate surface area is 127 Å². The van der Waals surface area contributed by atoms with Crippen LogP contribution in [0.3, 0.4) is 0 Å². The van der Waals surface area contributed by atoms with Gasteiger partial charge in [0.1, 0.15) is 11.9 Å². The van der Waals surface area contributed by atoms with Gasteiger partial charge >= 0.3 is 6.03 Å². The zero-order valence-electron chi connectivity index (χ0n) is 13.5. The molecule has 21 heavy (non-hydrogen) atoms. The number of urea groups is 1. The number of aryl methyl sites for hydroxylation is 1. The molecular formula is C17H26N2O2. The van der Waals surface area contributed by atoms with Crippen LogP contribution in [-0.4, -0.2) is 25.2 Å². The van der Waals surface area contributed by atoms with E-state index >= 15 is 0 Å². The van der Waals surface area contributed by atoms with Gasteiger partial charge in [0.2, 0.25) is 0 Å². The van der Waals surface area contributed by atoms with Crippen molar-refractivity contribution in [2.75, 3.05) is 18.0 Å². The van der Waals surface area contributed by atoms with E-state index in [-0.39, 0.29) is 12.1 Å². The first-order chi connectivity index (χ1) is 10.0. The van der Waals surface area contributed by atoms with Gasteiger partial charge < -0.3 is 10.1 Å². The van der Waals surface area contributed by atoms with Gasteiger partial charge in [-0.2, -0.15) is 0 Å². The molecule has 2 rings (SSSR count). The van der Waals surface area contributed by atoms with Crippen molar-refractivity contribution in [2.24, 2.45) is 5.92 Å². The lowest BCUT2D eigenvalue weighted by atomic mass is 10.1. The Morgan fingerprint density at radius 2 is 2.24 bits per heavy atom. The summed E-state index contributed by atoms with van der Waals surface area (Å²) in [5.74, 6) is 1.39. The molecule has 4 heteroatoms. The Bertz CT molecular complexity index is 500. The first-order valence-corrected chi connectivity index (χ1v) is 7.84. The third-order valence-corrected chi connectivity index (χ3v) is 3.78. The molecule has 0 aliphatic carbocycles. The van der Waals surface area contributed by atoms with Crippen molar-refractivity contribution in [1.82, 2.24) is 5.32 Å². The first-order valence-electron chi connectivity index (χ1n) is 7.84. The van der Waals surface area contributed by atoms with E-state index in [2.05, 4.69) is 26.1 Å². The molecule has 1 aliphatic heterocycles. The highest BCUT2D eigenvalue weighted by atomic mass is 16.5. The number of nitrogens with one attached hydrogen (secondary N) is 1. The van der Waals surface area contributed by atoms with Crippen LogP contribution >= 0.6 is 0 Å². The smallest absolute Gasteiger partial charge is 0.322 e. The number of rotatable bonds is 4. The summed E-state index contributed by atoms with van der Waals surface area (Å²) < 4.78 is 5.94. The lowest BCUT2D eigenvalue weighted by Gasteiger charge is -2.34. The molecule has 0 saturated carbocycles. The lowest BCUT2D eigenvalue weighted by Crippen LogP contribution is -2.48. The molecule has 4 nitrogen and oxygen atoms in total. The molecule has 0 unspecified atom stereocenters. The Kier molecular flexibility index (Phi) is 5.10. The van der Waals surface area contributed by atoms with Crippen LogP contribution in [0.2, 0.25) is 0 Å².